The molecule has 3 nitrogen and oxygen atoms in total. The Morgan fingerprint density at radius 1 is 1.33 bits per heavy atom. The number of hydrogen-bond donors (Lipinski definition) is 0. The summed E-state index contributed by atoms with van der Waals surface area (Å²) in [7, 11) is 0. The first-order valence-electron chi connectivity index (χ1n) is 6.23. The Bertz CT molecular complexity index is 743. The van der Waals surface area contributed by atoms with Crippen molar-refractivity contribution in [2.45, 2.75) is 13.3 Å². The number of carbonyl (C=O) groups excluding carboxylic acids is 2. The summed E-state index contributed by atoms with van der Waals surface area (Å²) in [5, 5.41) is 0.892. The number of rotatable bonds is 1. The maximum atomic E-state index is 12.4. The van der Waals surface area contributed by atoms with Crippen LogP contribution in [0.15, 0.2) is 17.0 Å². The smallest absolute Gasteiger partial charge is 0.266 e. The Kier molecular flexibility index (Phi) is 3.86. The predicted octanol–water partition coefficient (Wildman–Crippen LogP) is 3.71. The summed E-state index contributed by atoms with van der Waals surface area (Å²) in [5.74, 6) is -0.342. The number of thiocarbonyl (C=S) groups is 1. The summed E-state index contributed by atoms with van der Waals surface area (Å²) in [6.07, 6.45) is 0.191. The number of ketones is 1. The molecule has 1 saturated heterocycles. The first-order valence-corrected chi connectivity index (χ1v) is 8.21. The monoisotopic (exact) mass is 357 g/mol. The minimum absolute atomic E-state index is 0.120. The van der Waals surface area contributed by atoms with E-state index < -0.39 is 0 Å². The van der Waals surface area contributed by atoms with E-state index in [2.05, 4.69) is 0 Å². The molecule has 1 aliphatic heterocycles. The quantitative estimate of drug-likeness (QED) is 0.567. The number of hydrogen-bond acceptors (Lipinski definition) is 4. The van der Waals surface area contributed by atoms with Crippen molar-refractivity contribution in [2.24, 2.45) is 0 Å². The number of carbonyl (C=O) groups is 2. The van der Waals surface area contributed by atoms with Crippen molar-refractivity contribution in [2.75, 3.05) is 6.54 Å². The van der Waals surface area contributed by atoms with Gasteiger partial charge in [0.15, 0.2) is 5.78 Å². The van der Waals surface area contributed by atoms with E-state index in [-0.39, 0.29) is 18.1 Å². The van der Waals surface area contributed by atoms with Crippen molar-refractivity contribution in [3.8, 4) is 0 Å². The molecule has 1 aliphatic carbocycles. The fourth-order valence-electron chi connectivity index (χ4n) is 2.48. The van der Waals surface area contributed by atoms with E-state index >= 15 is 0 Å². The topological polar surface area (TPSA) is 37.4 Å². The molecule has 2 aliphatic rings. The number of allylic oxidation sites excluding steroid dienone is 1. The van der Waals surface area contributed by atoms with Gasteiger partial charge in [0.25, 0.3) is 5.91 Å². The second-order valence-corrected chi connectivity index (χ2v) is 7.12. The van der Waals surface area contributed by atoms with Gasteiger partial charge >= 0.3 is 0 Å². The lowest BCUT2D eigenvalue weighted by Gasteiger charge is -2.10. The molecule has 7 heteroatoms. The van der Waals surface area contributed by atoms with Gasteiger partial charge in [0.1, 0.15) is 4.32 Å². The Morgan fingerprint density at radius 2 is 2.05 bits per heavy atom. The third kappa shape index (κ3) is 2.32. The van der Waals surface area contributed by atoms with Crippen LogP contribution in [0.2, 0.25) is 10.0 Å². The first-order chi connectivity index (χ1) is 9.93. The number of likely N-dealkylation sites (N-methyl/N-ethyl adjacent to an activating group) is 1. The van der Waals surface area contributed by atoms with Gasteiger partial charge in [0.05, 0.1) is 4.91 Å². The molecule has 1 fully saturated rings. The van der Waals surface area contributed by atoms with Crippen LogP contribution >= 0.6 is 47.2 Å². The van der Waals surface area contributed by atoms with E-state index in [0.717, 1.165) is 17.3 Å². The minimum Gasteiger partial charge on any atom is -0.294 e. The molecular formula is C14H9Cl2NO2S2. The summed E-state index contributed by atoms with van der Waals surface area (Å²) < 4.78 is 0.472. The van der Waals surface area contributed by atoms with Crippen LogP contribution in [0.25, 0.3) is 5.57 Å². The fourth-order valence-corrected chi connectivity index (χ4v) is 4.52. The van der Waals surface area contributed by atoms with Crippen LogP contribution in [-0.2, 0) is 16.0 Å². The molecule has 0 saturated carbocycles. The zero-order chi connectivity index (χ0) is 15.3. The number of Topliss-reactive ketones (excluding diaryl/α,β-unsaturated/α-hetero) is 1. The zero-order valence-corrected chi connectivity index (χ0v) is 14.0. The van der Waals surface area contributed by atoms with Crippen LogP contribution < -0.4 is 0 Å². The summed E-state index contributed by atoms with van der Waals surface area (Å²) in [6.45, 7) is 2.33. The number of amides is 1. The van der Waals surface area contributed by atoms with Gasteiger partial charge in [-0.3, -0.25) is 14.5 Å². The molecule has 0 aromatic heterocycles. The van der Waals surface area contributed by atoms with Gasteiger partial charge in [0.2, 0.25) is 0 Å². The average molecular weight is 358 g/mol. The van der Waals surface area contributed by atoms with E-state index in [1.54, 1.807) is 12.1 Å². The van der Waals surface area contributed by atoms with E-state index in [0.29, 0.717) is 37.0 Å². The Morgan fingerprint density at radius 3 is 2.67 bits per heavy atom. The highest BCUT2D eigenvalue weighted by atomic mass is 35.5. The highest BCUT2D eigenvalue weighted by Crippen LogP contribution is 2.43. The van der Waals surface area contributed by atoms with Crippen molar-refractivity contribution in [3.63, 3.8) is 0 Å². The molecule has 1 amide bonds. The largest absolute Gasteiger partial charge is 0.294 e. The Hall–Kier alpha value is -0.880. The number of halogens is 2. The first kappa shape index (κ1) is 15.0. The number of benzene rings is 1. The normalized spacial score (nSPS) is 21.5. The Balaban J connectivity index is 2.22. The van der Waals surface area contributed by atoms with Gasteiger partial charge in [-0.15, -0.1) is 0 Å². The van der Waals surface area contributed by atoms with Crippen molar-refractivity contribution in [3.05, 3.63) is 38.2 Å². The van der Waals surface area contributed by atoms with E-state index in [4.69, 9.17) is 35.4 Å². The molecule has 1 aromatic rings. The van der Waals surface area contributed by atoms with Crippen LogP contribution in [0.5, 0.6) is 0 Å². The van der Waals surface area contributed by atoms with Crippen molar-refractivity contribution >= 4 is 68.8 Å². The van der Waals surface area contributed by atoms with Gasteiger partial charge in [-0.25, -0.2) is 0 Å². The molecule has 108 valence electrons. The summed E-state index contributed by atoms with van der Waals surface area (Å²) in [4.78, 5) is 26.6. The molecule has 0 spiro atoms. The maximum Gasteiger partial charge on any atom is 0.266 e. The molecule has 0 unspecified atom stereocenters. The van der Waals surface area contributed by atoms with E-state index in [9.17, 15) is 9.59 Å². The molecule has 1 heterocycles. The van der Waals surface area contributed by atoms with Gasteiger partial charge < -0.3 is 0 Å². The lowest BCUT2D eigenvalue weighted by atomic mass is 10.1. The van der Waals surface area contributed by atoms with Crippen molar-refractivity contribution in [1.82, 2.24) is 4.90 Å². The fraction of sp³-hybridized carbons (Fsp3) is 0.214. The molecule has 0 N–H and O–H groups in total. The molecule has 0 atom stereocenters. The zero-order valence-electron chi connectivity index (χ0n) is 10.9. The van der Waals surface area contributed by atoms with Crippen molar-refractivity contribution in [1.29, 1.82) is 0 Å². The van der Waals surface area contributed by atoms with Crippen LogP contribution in [0.1, 0.15) is 18.1 Å². The third-order valence-corrected chi connectivity index (χ3v) is 5.44. The van der Waals surface area contributed by atoms with Gasteiger partial charge in [-0.2, -0.15) is 0 Å². The van der Waals surface area contributed by atoms with Crippen molar-refractivity contribution < 1.29 is 9.59 Å². The maximum absolute atomic E-state index is 12.4. The number of thioether (sulfide) groups is 1. The second kappa shape index (κ2) is 5.39. The third-order valence-electron chi connectivity index (χ3n) is 3.44. The molecule has 0 bridgehead atoms. The number of fused-ring (bicyclic) bond motifs is 1. The molecule has 3 rings (SSSR count). The van der Waals surface area contributed by atoms with Crippen LogP contribution in [-0.4, -0.2) is 27.5 Å². The van der Waals surface area contributed by atoms with E-state index in [1.807, 2.05) is 6.92 Å². The standard InChI is InChI=1S/C14H9Cl2NO2S2/c1-2-17-13(19)12(21-14(17)20)11-8-3-6(15)4-9(16)7(8)5-10(11)18/h3-4H,2,5H2,1H3/b12-11-. The van der Waals surface area contributed by atoms with Crippen LogP contribution in [0.4, 0.5) is 0 Å². The van der Waals surface area contributed by atoms with Crippen LogP contribution in [0, 0.1) is 0 Å². The average Bonchev–Trinajstić information content (AvgIpc) is 2.87. The van der Waals surface area contributed by atoms with E-state index in [1.165, 1.54) is 4.90 Å². The highest BCUT2D eigenvalue weighted by molar-refractivity contribution is 8.26. The Labute approximate surface area is 141 Å². The lowest BCUT2D eigenvalue weighted by Crippen LogP contribution is -2.27. The SMILES string of the molecule is CCN1C(=O)/C(=C2/C(=O)Cc3c(Cl)cc(Cl)cc32)SC1=S. The predicted molar refractivity (Wildman–Crippen MR) is 89.7 cm³/mol. The highest BCUT2D eigenvalue weighted by Gasteiger charge is 2.39. The second-order valence-electron chi connectivity index (χ2n) is 4.64. The molecular weight excluding hydrogens is 349 g/mol. The van der Waals surface area contributed by atoms with Gasteiger partial charge in [-0.05, 0) is 30.2 Å². The minimum atomic E-state index is -0.222. The number of nitrogens with zero attached hydrogens (tertiary/aromatic N) is 1. The molecule has 21 heavy (non-hydrogen) atoms. The van der Waals surface area contributed by atoms with Crippen LogP contribution in [0.3, 0.4) is 0 Å². The van der Waals surface area contributed by atoms with Gasteiger partial charge in [0, 0.05) is 28.6 Å². The lowest BCUT2D eigenvalue weighted by molar-refractivity contribution is -0.122. The summed E-state index contributed by atoms with van der Waals surface area (Å²) in [5.41, 5.74) is 1.76. The molecule has 1 aromatic carbocycles. The summed E-state index contributed by atoms with van der Waals surface area (Å²) >= 11 is 18.5. The van der Waals surface area contributed by atoms with Gasteiger partial charge in [-0.1, -0.05) is 47.2 Å². The summed E-state index contributed by atoms with van der Waals surface area (Å²) in [6, 6.07) is 3.29. The molecule has 0 radical (unpaired) electrons.